The summed E-state index contributed by atoms with van der Waals surface area (Å²) in [5.41, 5.74) is -2.87. The molecule has 8 rings (SSSR count). The lowest BCUT2D eigenvalue weighted by Gasteiger charge is -2.18. The summed E-state index contributed by atoms with van der Waals surface area (Å²) in [6, 6.07) is -6.33. The van der Waals surface area contributed by atoms with E-state index in [1.165, 1.54) is 0 Å². The van der Waals surface area contributed by atoms with Gasteiger partial charge in [-0.1, -0.05) is 133 Å². The predicted octanol–water partition coefficient (Wildman–Crippen LogP) is 10.9. The summed E-state index contributed by atoms with van der Waals surface area (Å²) in [4.78, 5) is 0. The van der Waals surface area contributed by atoms with E-state index in [1.54, 1.807) is 30.3 Å². The van der Waals surface area contributed by atoms with Crippen LogP contribution in [0.15, 0.2) is 150 Å². The van der Waals surface area contributed by atoms with Gasteiger partial charge in [0.15, 0.2) is 0 Å². The molecule has 0 aliphatic rings. The number of hydrogen-bond acceptors (Lipinski definition) is 1. The molecule has 0 saturated heterocycles. The number of rotatable bonds is 3. The van der Waals surface area contributed by atoms with E-state index in [9.17, 15) is 9.60 Å². The standard InChI is InChI=1S/C38H24O/c1-2-11-25(12-3-1)26-21-23-27(24-22-26)36-28-13-4-6-15-30(28)37(31-16-7-5-14-29(31)36)33-18-10-20-35-38(33)32-17-8-9-19-34(32)39-35/h1-24H/i4D,5D,6D,7D,8D,9D,10D,13D,14D,15D,16D,17D,18D,19D,20D,21D,22D,23D,24D. The number of fused-ring (bicyclic) bond motifs is 5. The highest BCUT2D eigenvalue weighted by Gasteiger charge is 2.19. The molecule has 0 amide bonds. The van der Waals surface area contributed by atoms with Gasteiger partial charge in [-0.25, -0.2) is 0 Å². The summed E-state index contributed by atoms with van der Waals surface area (Å²) >= 11 is 0. The Kier molecular flexibility index (Phi) is 2.28. The van der Waals surface area contributed by atoms with E-state index in [-0.39, 0.29) is 16.3 Å². The van der Waals surface area contributed by atoms with Crippen molar-refractivity contribution in [3.63, 3.8) is 0 Å². The normalized spacial score (nSPS) is 18.4. The molecule has 0 bridgehead atoms. The fourth-order valence-electron chi connectivity index (χ4n) is 4.86. The predicted molar refractivity (Wildman–Crippen MR) is 165 cm³/mol. The van der Waals surface area contributed by atoms with Gasteiger partial charge in [0.2, 0.25) is 0 Å². The number of para-hydroxylation sites is 1. The summed E-state index contributed by atoms with van der Waals surface area (Å²) < 4.78 is 176. The molecule has 0 aliphatic carbocycles. The Balaban J connectivity index is 1.76. The van der Waals surface area contributed by atoms with Gasteiger partial charge in [0.05, 0.1) is 26.0 Å². The summed E-state index contributed by atoms with van der Waals surface area (Å²) in [6.07, 6.45) is 0. The van der Waals surface area contributed by atoms with Crippen molar-refractivity contribution in [2.75, 3.05) is 0 Å². The van der Waals surface area contributed by atoms with E-state index in [4.69, 9.17) is 20.9 Å². The Hall–Kier alpha value is -5.14. The van der Waals surface area contributed by atoms with E-state index in [0.717, 1.165) is 0 Å². The smallest absolute Gasteiger partial charge is 0.136 e. The van der Waals surface area contributed by atoms with Crippen LogP contribution < -0.4 is 0 Å². The lowest BCUT2D eigenvalue weighted by atomic mass is 9.84. The average molecular weight is 516 g/mol. The van der Waals surface area contributed by atoms with Crippen LogP contribution in [0.3, 0.4) is 0 Å². The molecule has 0 aliphatic heterocycles. The molecule has 1 nitrogen and oxygen atoms in total. The molecule has 39 heavy (non-hydrogen) atoms. The first-order chi connectivity index (χ1) is 27.3. The van der Waals surface area contributed by atoms with Crippen molar-refractivity contribution >= 4 is 43.5 Å². The van der Waals surface area contributed by atoms with Gasteiger partial charge in [0.1, 0.15) is 11.2 Å². The second-order valence-corrected chi connectivity index (χ2v) is 8.63. The third-order valence-electron chi connectivity index (χ3n) is 6.51. The van der Waals surface area contributed by atoms with Crippen molar-refractivity contribution in [3.8, 4) is 33.4 Å². The maximum Gasteiger partial charge on any atom is 0.136 e. The number of benzene rings is 7. The Bertz CT molecular complexity index is 3100. The van der Waals surface area contributed by atoms with Crippen LogP contribution in [-0.4, -0.2) is 0 Å². The van der Waals surface area contributed by atoms with Gasteiger partial charge in [0, 0.05) is 10.8 Å². The Morgan fingerprint density at radius 3 is 1.62 bits per heavy atom. The molecule has 0 fully saturated rings. The first kappa shape index (κ1) is 10.2. The molecule has 0 atom stereocenters. The highest BCUT2D eigenvalue weighted by Crippen LogP contribution is 2.46. The second kappa shape index (κ2) is 8.72. The van der Waals surface area contributed by atoms with Crippen molar-refractivity contribution < 1.29 is 30.5 Å². The topological polar surface area (TPSA) is 13.1 Å². The average Bonchev–Trinajstić information content (AvgIpc) is 3.61. The van der Waals surface area contributed by atoms with E-state index in [0.29, 0.717) is 5.56 Å². The Labute approximate surface area is 253 Å². The van der Waals surface area contributed by atoms with Gasteiger partial charge in [-0.3, -0.25) is 0 Å². The van der Waals surface area contributed by atoms with Crippen molar-refractivity contribution in [1.82, 2.24) is 0 Å². The van der Waals surface area contributed by atoms with Crippen molar-refractivity contribution in [2.45, 2.75) is 0 Å². The molecule has 182 valence electrons. The first-order valence-electron chi connectivity index (χ1n) is 21.3. The third-order valence-corrected chi connectivity index (χ3v) is 6.51. The molecule has 1 heteroatoms. The highest BCUT2D eigenvalue weighted by molar-refractivity contribution is 6.25. The van der Waals surface area contributed by atoms with Crippen LogP contribution in [0.5, 0.6) is 0 Å². The minimum Gasteiger partial charge on any atom is -0.456 e. The zero-order valence-electron chi connectivity index (χ0n) is 38.8. The summed E-state index contributed by atoms with van der Waals surface area (Å²) in [6.45, 7) is 0. The Morgan fingerprint density at radius 2 is 0.949 bits per heavy atom. The molecule has 0 spiro atoms. The van der Waals surface area contributed by atoms with Crippen molar-refractivity contribution in [2.24, 2.45) is 0 Å². The van der Waals surface area contributed by atoms with E-state index in [1.807, 2.05) is 0 Å². The lowest BCUT2D eigenvalue weighted by Crippen LogP contribution is -1.91. The van der Waals surface area contributed by atoms with Crippen molar-refractivity contribution in [3.05, 3.63) is 145 Å². The molecule has 0 unspecified atom stereocenters. The molecule has 0 saturated carbocycles. The van der Waals surface area contributed by atoms with Crippen LogP contribution >= 0.6 is 0 Å². The van der Waals surface area contributed by atoms with Gasteiger partial charge in [-0.05, 0) is 67.0 Å². The van der Waals surface area contributed by atoms with Gasteiger partial charge in [-0.2, -0.15) is 0 Å². The van der Waals surface area contributed by atoms with Crippen molar-refractivity contribution in [1.29, 1.82) is 0 Å². The number of hydrogen-bond donors (Lipinski definition) is 0. The molecule has 0 radical (unpaired) electrons. The van der Waals surface area contributed by atoms with Gasteiger partial charge < -0.3 is 4.42 Å². The van der Waals surface area contributed by atoms with Crippen LogP contribution in [0, 0.1) is 0 Å². The van der Waals surface area contributed by atoms with Gasteiger partial charge in [-0.15, -0.1) is 0 Å². The van der Waals surface area contributed by atoms with E-state index < -0.39 is 170 Å². The molecule has 1 aromatic heterocycles. The first-order valence-corrected chi connectivity index (χ1v) is 11.8. The molecular weight excluding hydrogens is 472 g/mol. The Morgan fingerprint density at radius 1 is 0.410 bits per heavy atom. The van der Waals surface area contributed by atoms with Gasteiger partial charge >= 0.3 is 0 Å². The fourth-order valence-corrected chi connectivity index (χ4v) is 4.86. The monoisotopic (exact) mass is 515 g/mol. The van der Waals surface area contributed by atoms with Crippen LogP contribution in [0.2, 0.25) is 0 Å². The minimum atomic E-state index is -0.853. The summed E-state index contributed by atoms with van der Waals surface area (Å²) in [7, 11) is 0. The largest absolute Gasteiger partial charge is 0.456 e. The number of furan rings is 1. The molecule has 8 aromatic rings. The maximum absolute atomic E-state index is 9.31. The molecule has 1 heterocycles. The fraction of sp³-hybridized carbons (Fsp3) is 0. The quantitative estimate of drug-likeness (QED) is 0.213. The third kappa shape index (κ3) is 3.41. The van der Waals surface area contributed by atoms with E-state index >= 15 is 0 Å². The zero-order valence-corrected chi connectivity index (χ0v) is 19.8. The second-order valence-electron chi connectivity index (χ2n) is 8.63. The SMILES string of the molecule is [2H]c1c([2H])c(-c2c3c([2H])c([2H])c([2H])c([2H])c3c(-c3c([2H])c([2H])c([2H])c4oc5c([2H])c([2H])c([2H])c([2H])c5c34)c3c([2H])c([2H])c([2H])c([2H])c23)c([2H])c([2H])c1-c1ccccc1. The molecule has 0 N–H and O–H groups in total. The summed E-state index contributed by atoms with van der Waals surface area (Å²) in [5.74, 6) is 0. The molecule has 7 aromatic carbocycles. The van der Waals surface area contributed by atoms with E-state index in [2.05, 4.69) is 0 Å². The van der Waals surface area contributed by atoms with Crippen LogP contribution in [0.4, 0.5) is 0 Å². The van der Waals surface area contributed by atoms with Crippen LogP contribution in [-0.2, 0) is 0 Å². The maximum atomic E-state index is 9.31. The highest BCUT2D eigenvalue weighted by atomic mass is 16.3. The zero-order chi connectivity index (χ0) is 42.3. The van der Waals surface area contributed by atoms with Gasteiger partial charge in [0.25, 0.3) is 0 Å². The van der Waals surface area contributed by atoms with Crippen LogP contribution in [0.1, 0.15) is 26.0 Å². The minimum absolute atomic E-state index is 0.107. The molecular formula is C38H24O. The lowest BCUT2D eigenvalue weighted by molar-refractivity contribution is 0.669. The van der Waals surface area contributed by atoms with Crippen LogP contribution in [0.25, 0.3) is 76.9 Å². The summed E-state index contributed by atoms with van der Waals surface area (Å²) in [5, 5.41) is -2.89.